The highest BCUT2D eigenvalue weighted by Gasteiger charge is 2.26. The molecule has 0 aromatic heterocycles. The first-order chi connectivity index (χ1) is 10.1. The van der Waals surface area contributed by atoms with Crippen molar-refractivity contribution in [3.05, 3.63) is 23.8 Å². The number of piperidine rings is 1. The van der Waals surface area contributed by atoms with Crippen molar-refractivity contribution in [2.24, 2.45) is 11.7 Å². The van der Waals surface area contributed by atoms with Gasteiger partial charge in [0.1, 0.15) is 0 Å². The van der Waals surface area contributed by atoms with Crippen LogP contribution in [-0.2, 0) is 0 Å². The number of rotatable bonds is 2. The molecule has 3 atom stereocenters. The van der Waals surface area contributed by atoms with Crippen LogP contribution in [0.25, 0.3) is 0 Å². The molecule has 2 aliphatic heterocycles. The molecule has 2 heterocycles. The summed E-state index contributed by atoms with van der Waals surface area (Å²) < 4.78 is 11.5. The molecular formula is C17H26N2O2. The van der Waals surface area contributed by atoms with E-state index in [9.17, 15) is 0 Å². The Bertz CT molecular complexity index is 482. The van der Waals surface area contributed by atoms with Gasteiger partial charge in [0.2, 0.25) is 0 Å². The van der Waals surface area contributed by atoms with Gasteiger partial charge in [0, 0.05) is 31.6 Å². The van der Waals surface area contributed by atoms with E-state index < -0.39 is 0 Å². The van der Waals surface area contributed by atoms with Crippen molar-refractivity contribution in [2.45, 2.75) is 38.8 Å². The lowest BCUT2D eigenvalue weighted by Gasteiger charge is -2.38. The summed E-state index contributed by atoms with van der Waals surface area (Å²) in [4.78, 5) is 2.48. The van der Waals surface area contributed by atoms with Gasteiger partial charge < -0.3 is 15.2 Å². The highest BCUT2D eigenvalue weighted by Crippen LogP contribution is 2.34. The maximum Gasteiger partial charge on any atom is 0.161 e. The molecule has 0 bridgehead atoms. The molecule has 116 valence electrons. The smallest absolute Gasteiger partial charge is 0.161 e. The molecule has 0 amide bonds. The highest BCUT2D eigenvalue weighted by atomic mass is 16.5. The molecule has 1 aromatic carbocycles. The summed E-state index contributed by atoms with van der Waals surface area (Å²) in [5.41, 5.74) is 7.45. The maximum atomic E-state index is 6.18. The first-order valence-corrected chi connectivity index (χ1v) is 8.02. The fourth-order valence-electron chi connectivity index (χ4n) is 3.41. The predicted octanol–water partition coefficient (Wildman–Crippen LogP) is 2.58. The molecule has 3 rings (SSSR count). The molecule has 2 N–H and O–H groups in total. The SMILES string of the molecule is CC1CC(N)CN(C(C)c2ccc3c(c2)OCCCO3)C1. The lowest BCUT2D eigenvalue weighted by atomic mass is 9.94. The third kappa shape index (κ3) is 3.33. The molecule has 1 aromatic rings. The van der Waals surface area contributed by atoms with Crippen LogP contribution in [0.1, 0.15) is 38.3 Å². The van der Waals surface area contributed by atoms with Crippen molar-refractivity contribution in [1.29, 1.82) is 0 Å². The van der Waals surface area contributed by atoms with E-state index in [1.165, 1.54) is 5.56 Å². The number of nitrogens with two attached hydrogens (primary N) is 1. The number of likely N-dealkylation sites (tertiary alicyclic amines) is 1. The number of hydrogen-bond donors (Lipinski definition) is 1. The van der Waals surface area contributed by atoms with Gasteiger partial charge in [-0.15, -0.1) is 0 Å². The summed E-state index contributed by atoms with van der Waals surface area (Å²) in [6.45, 7) is 8.09. The number of nitrogens with zero attached hydrogens (tertiary/aromatic N) is 1. The lowest BCUT2D eigenvalue weighted by Crippen LogP contribution is -2.47. The van der Waals surface area contributed by atoms with Gasteiger partial charge in [-0.3, -0.25) is 4.90 Å². The standard InChI is InChI=1S/C17H26N2O2/c1-12-8-15(18)11-19(10-12)13(2)14-4-5-16-17(9-14)21-7-3-6-20-16/h4-5,9,12-13,15H,3,6-8,10-11,18H2,1-2H3. The number of ether oxygens (including phenoxy) is 2. The van der Waals surface area contributed by atoms with Crippen LogP contribution < -0.4 is 15.2 Å². The molecular weight excluding hydrogens is 264 g/mol. The fraction of sp³-hybridized carbons (Fsp3) is 0.647. The van der Waals surface area contributed by atoms with Crippen LogP contribution in [0.3, 0.4) is 0 Å². The zero-order valence-electron chi connectivity index (χ0n) is 13.0. The summed E-state index contributed by atoms with van der Waals surface area (Å²) in [5.74, 6) is 2.41. The fourth-order valence-corrected chi connectivity index (χ4v) is 3.41. The molecule has 21 heavy (non-hydrogen) atoms. The van der Waals surface area contributed by atoms with E-state index in [1.807, 2.05) is 6.07 Å². The van der Waals surface area contributed by atoms with Crippen LogP contribution >= 0.6 is 0 Å². The van der Waals surface area contributed by atoms with Crippen molar-refractivity contribution in [1.82, 2.24) is 4.90 Å². The summed E-state index contributed by atoms with van der Waals surface area (Å²) >= 11 is 0. The third-order valence-electron chi connectivity index (χ3n) is 4.52. The summed E-state index contributed by atoms with van der Waals surface area (Å²) in [6.07, 6.45) is 2.07. The molecule has 0 aliphatic carbocycles. The second-order valence-electron chi connectivity index (χ2n) is 6.49. The van der Waals surface area contributed by atoms with E-state index in [2.05, 4.69) is 30.9 Å². The van der Waals surface area contributed by atoms with E-state index >= 15 is 0 Å². The van der Waals surface area contributed by atoms with Crippen LogP contribution in [0.15, 0.2) is 18.2 Å². The molecule has 0 spiro atoms. The Morgan fingerprint density at radius 2 is 1.95 bits per heavy atom. The van der Waals surface area contributed by atoms with Crippen molar-refractivity contribution in [3.63, 3.8) is 0 Å². The zero-order valence-corrected chi connectivity index (χ0v) is 13.0. The Morgan fingerprint density at radius 1 is 1.19 bits per heavy atom. The van der Waals surface area contributed by atoms with E-state index in [-0.39, 0.29) is 6.04 Å². The van der Waals surface area contributed by atoms with Gasteiger partial charge in [0.15, 0.2) is 11.5 Å². The first-order valence-electron chi connectivity index (χ1n) is 8.02. The van der Waals surface area contributed by atoms with Gasteiger partial charge in [-0.2, -0.15) is 0 Å². The van der Waals surface area contributed by atoms with Crippen molar-refractivity contribution in [2.75, 3.05) is 26.3 Å². The van der Waals surface area contributed by atoms with Gasteiger partial charge >= 0.3 is 0 Å². The summed E-state index contributed by atoms with van der Waals surface area (Å²) in [5, 5.41) is 0. The molecule has 2 aliphatic rings. The Morgan fingerprint density at radius 3 is 2.71 bits per heavy atom. The largest absolute Gasteiger partial charge is 0.490 e. The topological polar surface area (TPSA) is 47.7 Å². The number of hydrogen-bond acceptors (Lipinski definition) is 4. The van der Waals surface area contributed by atoms with Crippen molar-refractivity contribution >= 4 is 0 Å². The molecule has 0 saturated carbocycles. The summed E-state index contributed by atoms with van der Waals surface area (Å²) in [7, 11) is 0. The van der Waals surface area contributed by atoms with Crippen molar-refractivity contribution < 1.29 is 9.47 Å². The number of benzene rings is 1. The van der Waals surface area contributed by atoms with Gasteiger partial charge in [0.25, 0.3) is 0 Å². The minimum absolute atomic E-state index is 0.289. The van der Waals surface area contributed by atoms with E-state index in [1.54, 1.807) is 0 Å². The molecule has 1 saturated heterocycles. The third-order valence-corrected chi connectivity index (χ3v) is 4.52. The second kappa shape index (κ2) is 6.24. The van der Waals surface area contributed by atoms with Crippen LogP contribution in [-0.4, -0.2) is 37.2 Å². The monoisotopic (exact) mass is 290 g/mol. The second-order valence-corrected chi connectivity index (χ2v) is 6.49. The Kier molecular flexibility index (Phi) is 4.36. The van der Waals surface area contributed by atoms with E-state index in [4.69, 9.17) is 15.2 Å². The highest BCUT2D eigenvalue weighted by molar-refractivity contribution is 5.44. The normalized spacial score (nSPS) is 28.0. The predicted molar refractivity (Wildman–Crippen MR) is 83.8 cm³/mol. The Balaban J connectivity index is 1.78. The quantitative estimate of drug-likeness (QED) is 0.909. The molecule has 4 nitrogen and oxygen atoms in total. The van der Waals surface area contributed by atoms with Crippen molar-refractivity contribution in [3.8, 4) is 11.5 Å². The maximum absolute atomic E-state index is 6.18. The summed E-state index contributed by atoms with van der Waals surface area (Å²) in [6, 6.07) is 6.98. The van der Waals surface area contributed by atoms with Gasteiger partial charge in [0.05, 0.1) is 13.2 Å². The van der Waals surface area contributed by atoms with Gasteiger partial charge in [-0.25, -0.2) is 0 Å². The minimum Gasteiger partial charge on any atom is -0.490 e. The molecule has 1 fully saturated rings. The Labute approximate surface area is 127 Å². The van der Waals surface area contributed by atoms with Gasteiger partial charge in [-0.05, 0) is 37.0 Å². The molecule has 0 radical (unpaired) electrons. The first kappa shape index (κ1) is 14.7. The van der Waals surface area contributed by atoms with Crippen LogP contribution in [0.4, 0.5) is 0 Å². The van der Waals surface area contributed by atoms with Gasteiger partial charge in [-0.1, -0.05) is 13.0 Å². The number of fused-ring (bicyclic) bond motifs is 1. The van der Waals surface area contributed by atoms with Crippen LogP contribution in [0.5, 0.6) is 11.5 Å². The molecule has 3 unspecified atom stereocenters. The minimum atomic E-state index is 0.289. The van der Waals surface area contributed by atoms with Crippen LogP contribution in [0, 0.1) is 5.92 Å². The average Bonchev–Trinajstić information content (AvgIpc) is 2.69. The van der Waals surface area contributed by atoms with E-state index in [0.717, 1.165) is 50.6 Å². The van der Waals surface area contributed by atoms with E-state index in [0.29, 0.717) is 12.0 Å². The lowest BCUT2D eigenvalue weighted by molar-refractivity contribution is 0.124. The average molecular weight is 290 g/mol. The molecule has 4 heteroatoms. The zero-order chi connectivity index (χ0) is 14.8. The van der Waals surface area contributed by atoms with Crippen LogP contribution in [0.2, 0.25) is 0 Å². The Hall–Kier alpha value is -1.26.